The van der Waals surface area contributed by atoms with Crippen molar-refractivity contribution in [2.24, 2.45) is 0 Å². The molecule has 100 valence electrons. The standard InChI is InChI=1S/C13H6BrClN2O3/c14-9-1-4-12(8(5-9)7-16)20-13-6-10(15)2-3-11(13)17(18)19/h1-6H. The first kappa shape index (κ1) is 14.3. The largest absolute Gasteiger partial charge is 0.449 e. The van der Waals surface area contributed by atoms with E-state index in [4.69, 9.17) is 21.6 Å². The maximum Gasteiger partial charge on any atom is 0.311 e. The molecule has 0 saturated heterocycles. The van der Waals surface area contributed by atoms with Crippen LogP contribution in [0.15, 0.2) is 40.9 Å². The predicted octanol–water partition coefficient (Wildman–Crippen LogP) is 4.67. The fourth-order valence-corrected chi connectivity index (χ4v) is 2.04. The van der Waals surface area contributed by atoms with Gasteiger partial charge in [0.2, 0.25) is 5.75 Å². The Balaban J connectivity index is 2.47. The van der Waals surface area contributed by atoms with E-state index in [1.807, 2.05) is 6.07 Å². The Morgan fingerprint density at radius 3 is 2.65 bits per heavy atom. The van der Waals surface area contributed by atoms with Crippen LogP contribution in [0.2, 0.25) is 5.02 Å². The molecule has 0 aliphatic heterocycles. The number of nitrogens with zero attached hydrogens (tertiary/aromatic N) is 2. The molecule has 0 N–H and O–H groups in total. The van der Waals surface area contributed by atoms with E-state index in [1.54, 1.807) is 18.2 Å². The average molecular weight is 354 g/mol. The molecule has 20 heavy (non-hydrogen) atoms. The molecule has 0 aliphatic carbocycles. The van der Waals surface area contributed by atoms with Crippen LogP contribution in [-0.4, -0.2) is 4.92 Å². The van der Waals surface area contributed by atoms with Gasteiger partial charge in [0.1, 0.15) is 11.8 Å². The van der Waals surface area contributed by atoms with Crippen LogP contribution in [0.5, 0.6) is 11.5 Å². The van der Waals surface area contributed by atoms with Crippen LogP contribution < -0.4 is 4.74 Å². The molecule has 2 aromatic rings. The van der Waals surface area contributed by atoms with Crippen LogP contribution >= 0.6 is 27.5 Å². The highest BCUT2D eigenvalue weighted by Gasteiger charge is 2.17. The molecule has 0 aromatic heterocycles. The summed E-state index contributed by atoms with van der Waals surface area (Å²) >= 11 is 9.05. The third-order valence-electron chi connectivity index (χ3n) is 2.40. The number of rotatable bonds is 3. The molecule has 0 radical (unpaired) electrons. The van der Waals surface area contributed by atoms with Crippen LogP contribution in [-0.2, 0) is 0 Å². The highest BCUT2D eigenvalue weighted by atomic mass is 79.9. The Bertz CT molecular complexity index is 728. The monoisotopic (exact) mass is 352 g/mol. The van der Waals surface area contributed by atoms with Crippen molar-refractivity contribution < 1.29 is 9.66 Å². The van der Waals surface area contributed by atoms with E-state index in [9.17, 15) is 10.1 Å². The SMILES string of the molecule is N#Cc1cc(Br)ccc1Oc1cc(Cl)ccc1[N+](=O)[O-]. The Labute approximate surface area is 127 Å². The van der Waals surface area contributed by atoms with Gasteiger partial charge in [0.15, 0.2) is 0 Å². The first-order valence-electron chi connectivity index (χ1n) is 5.32. The summed E-state index contributed by atoms with van der Waals surface area (Å²) in [5.74, 6) is 0.211. The van der Waals surface area contributed by atoms with E-state index in [0.29, 0.717) is 9.50 Å². The fourth-order valence-electron chi connectivity index (χ4n) is 1.52. The zero-order chi connectivity index (χ0) is 14.7. The van der Waals surface area contributed by atoms with E-state index < -0.39 is 4.92 Å². The summed E-state index contributed by atoms with van der Waals surface area (Å²) in [6.45, 7) is 0. The summed E-state index contributed by atoms with van der Waals surface area (Å²) in [5, 5.41) is 20.3. The van der Waals surface area contributed by atoms with Crippen LogP contribution in [0.1, 0.15) is 5.56 Å². The average Bonchev–Trinajstić information content (AvgIpc) is 2.40. The van der Waals surface area contributed by atoms with Crippen molar-refractivity contribution in [2.75, 3.05) is 0 Å². The molecule has 0 heterocycles. The summed E-state index contributed by atoms with van der Waals surface area (Å²) in [5.41, 5.74) is 0.0369. The van der Waals surface area contributed by atoms with E-state index in [2.05, 4.69) is 15.9 Å². The summed E-state index contributed by atoms with van der Waals surface area (Å²) in [6.07, 6.45) is 0. The van der Waals surface area contributed by atoms with E-state index >= 15 is 0 Å². The molecular formula is C13H6BrClN2O3. The highest BCUT2D eigenvalue weighted by molar-refractivity contribution is 9.10. The zero-order valence-electron chi connectivity index (χ0n) is 9.84. The lowest BCUT2D eigenvalue weighted by atomic mass is 10.2. The molecule has 0 fully saturated rings. The maximum atomic E-state index is 10.9. The lowest BCUT2D eigenvalue weighted by molar-refractivity contribution is -0.385. The second-order valence-corrected chi connectivity index (χ2v) is 5.08. The molecule has 0 unspecified atom stereocenters. The number of halogens is 2. The van der Waals surface area contributed by atoms with Crippen molar-refractivity contribution in [1.82, 2.24) is 0 Å². The van der Waals surface area contributed by atoms with Crippen LogP contribution in [0.4, 0.5) is 5.69 Å². The van der Waals surface area contributed by atoms with E-state index in [1.165, 1.54) is 18.2 Å². The van der Waals surface area contributed by atoms with E-state index in [-0.39, 0.29) is 22.7 Å². The maximum absolute atomic E-state index is 10.9. The predicted molar refractivity (Wildman–Crippen MR) is 77.0 cm³/mol. The van der Waals surface area contributed by atoms with Crippen molar-refractivity contribution in [3.05, 3.63) is 61.6 Å². The van der Waals surface area contributed by atoms with Gasteiger partial charge in [-0.1, -0.05) is 27.5 Å². The molecule has 0 saturated carbocycles. The van der Waals surface area contributed by atoms with Crippen LogP contribution in [0.3, 0.4) is 0 Å². The minimum Gasteiger partial charge on any atom is -0.449 e. The number of nitriles is 1. The van der Waals surface area contributed by atoms with Gasteiger partial charge in [0, 0.05) is 21.6 Å². The fraction of sp³-hybridized carbons (Fsp3) is 0. The summed E-state index contributed by atoms with van der Waals surface area (Å²) < 4.78 is 6.17. The molecule has 0 amide bonds. The van der Waals surface area contributed by atoms with Crippen molar-refractivity contribution in [3.8, 4) is 17.6 Å². The normalized spacial score (nSPS) is 9.85. The van der Waals surface area contributed by atoms with Gasteiger partial charge in [-0.05, 0) is 24.3 Å². The van der Waals surface area contributed by atoms with Gasteiger partial charge < -0.3 is 4.74 Å². The third-order valence-corrected chi connectivity index (χ3v) is 3.13. The molecule has 0 bridgehead atoms. The van der Waals surface area contributed by atoms with Crippen molar-refractivity contribution in [2.45, 2.75) is 0 Å². The molecule has 0 spiro atoms. The molecule has 5 nitrogen and oxygen atoms in total. The summed E-state index contributed by atoms with van der Waals surface area (Å²) in [6, 6.07) is 10.7. The van der Waals surface area contributed by atoms with Gasteiger partial charge in [-0.25, -0.2) is 0 Å². The molecule has 7 heteroatoms. The molecule has 0 aliphatic rings. The third kappa shape index (κ3) is 3.07. The van der Waals surface area contributed by atoms with Gasteiger partial charge >= 0.3 is 5.69 Å². The first-order chi connectivity index (χ1) is 9.51. The minimum atomic E-state index is -0.573. The topological polar surface area (TPSA) is 76.2 Å². The lowest BCUT2D eigenvalue weighted by Gasteiger charge is -2.08. The van der Waals surface area contributed by atoms with E-state index in [0.717, 1.165) is 0 Å². The first-order valence-corrected chi connectivity index (χ1v) is 6.50. The minimum absolute atomic E-state index is 0.0127. The zero-order valence-corrected chi connectivity index (χ0v) is 12.2. The molecular weight excluding hydrogens is 348 g/mol. The number of hydrogen-bond acceptors (Lipinski definition) is 4. The number of benzene rings is 2. The van der Waals surface area contributed by atoms with Gasteiger partial charge in [0.25, 0.3) is 0 Å². The number of nitro groups is 1. The quantitative estimate of drug-likeness (QED) is 0.593. The molecule has 0 atom stereocenters. The van der Waals surface area contributed by atoms with Gasteiger partial charge in [-0.3, -0.25) is 10.1 Å². The highest BCUT2D eigenvalue weighted by Crippen LogP contribution is 2.35. The number of hydrogen-bond donors (Lipinski definition) is 0. The second kappa shape index (κ2) is 5.90. The molecule has 2 rings (SSSR count). The van der Waals surface area contributed by atoms with Crippen LogP contribution in [0.25, 0.3) is 0 Å². The lowest BCUT2D eigenvalue weighted by Crippen LogP contribution is -1.94. The number of nitro benzene ring substituents is 1. The van der Waals surface area contributed by atoms with Gasteiger partial charge in [0.05, 0.1) is 10.5 Å². The summed E-state index contributed by atoms with van der Waals surface area (Å²) in [4.78, 5) is 10.4. The summed E-state index contributed by atoms with van der Waals surface area (Å²) in [7, 11) is 0. The van der Waals surface area contributed by atoms with Gasteiger partial charge in [-0.2, -0.15) is 5.26 Å². The van der Waals surface area contributed by atoms with Crippen LogP contribution in [0, 0.1) is 21.4 Å². The Morgan fingerprint density at radius 2 is 2.00 bits per heavy atom. The van der Waals surface area contributed by atoms with Crippen molar-refractivity contribution >= 4 is 33.2 Å². The Morgan fingerprint density at radius 1 is 1.25 bits per heavy atom. The molecule has 2 aromatic carbocycles. The van der Waals surface area contributed by atoms with Crippen molar-refractivity contribution in [1.29, 1.82) is 5.26 Å². The van der Waals surface area contributed by atoms with Crippen molar-refractivity contribution in [3.63, 3.8) is 0 Å². The second-order valence-electron chi connectivity index (χ2n) is 3.72. The Kier molecular flexibility index (Phi) is 4.23. The number of ether oxygens (including phenoxy) is 1. The Hall–Kier alpha value is -2.10. The van der Waals surface area contributed by atoms with Gasteiger partial charge in [-0.15, -0.1) is 0 Å². The smallest absolute Gasteiger partial charge is 0.311 e.